The highest BCUT2D eigenvalue weighted by Gasteiger charge is 2.41. The number of carbonyl (C=O) groups excluding carboxylic acids is 2. The molecule has 2 aliphatic rings. The molecule has 0 saturated carbocycles. The predicted octanol–water partition coefficient (Wildman–Crippen LogP) is 7.99. The second-order valence-corrected chi connectivity index (χ2v) is 13.3. The maximum absolute atomic E-state index is 13.9. The topological polar surface area (TPSA) is 54.4 Å². The average Bonchev–Trinajstić information content (AvgIpc) is 2.70. The summed E-state index contributed by atoms with van der Waals surface area (Å²) >= 11 is 6.90. The Bertz CT molecular complexity index is 1260. The summed E-state index contributed by atoms with van der Waals surface area (Å²) in [7, 11) is 0. The van der Waals surface area contributed by atoms with Gasteiger partial charge >= 0.3 is 0 Å². The van der Waals surface area contributed by atoms with Gasteiger partial charge in [0.05, 0.1) is 8.96 Å². The van der Waals surface area contributed by atoms with Gasteiger partial charge in [-0.3, -0.25) is 9.59 Å². The molecule has 1 N–H and O–H groups in total. The molecule has 0 aliphatic heterocycles. The largest absolute Gasteiger partial charge is 0.506 e. The van der Waals surface area contributed by atoms with Gasteiger partial charge in [-0.15, -0.1) is 0 Å². The first-order valence-electron chi connectivity index (χ1n) is 11.3. The van der Waals surface area contributed by atoms with Gasteiger partial charge in [0.2, 0.25) is 5.78 Å². The van der Waals surface area contributed by atoms with E-state index in [4.69, 9.17) is 0 Å². The van der Waals surface area contributed by atoms with E-state index in [0.717, 1.165) is 24.0 Å². The van der Waals surface area contributed by atoms with Gasteiger partial charge in [-0.1, -0.05) is 48.5 Å². The number of ketones is 2. The Hall–Kier alpha value is -1.72. The zero-order valence-corrected chi connectivity index (χ0v) is 23.4. The molecule has 174 valence electrons. The van der Waals surface area contributed by atoms with E-state index in [0.29, 0.717) is 32.3 Å². The van der Waals surface area contributed by atoms with Crippen molar-refractivity contribution in [3.63, 3.8) is 0 Å². The van der Waals surface area contributed by atoms with Gasteiger partial charge < -0.3 is 5.11 Å². The molecule has 0 radical (unpaired) electrons. The van der Waals surface area contributed by atoms with E-state index in [-0.39, 0.29) is 38.0 Å². The van der Waals surface area contributed by atoms with Crippen LogP contribution in [0, 0.1) is 0 Å². The molecule has 5 heteroatoms. The average molecular weight is 574 g/mol. The Balaban J connectivity index is 1.96. The van der Waals surface area contributed by atoms with Crippen molar-refractivity contribution in [2.75, 3.05) is 0 Å². The molecule has 0 atom stereocenters. The minimum Gasteiger partial charge on any atom is -0.506 e. The van der Waals surface area contributed by atoms with Gasteiger partial charge in [0.15, 0.2) is 5.78 Å². The van der Waals surface area contributed by atoms with E-state index in [1.54, 1.807) is 6.07 Å². The lowest BCUT2D eigenvalue weighted by Crippen LogP contribution is -2.35. The van der Waals surface area contributed by atoms with Crippen LogP contribution < -0.4 is 0 Å². The molecule has 0 unspecified atom stereocenters. The smallest absolute Gasteiger partial charge is 0.201 e. The van der Waals surface area contributed by atoms with Gasteiger partial charge in [-0.25, -0.2) is 0 Å². The van der Waals surface area contributed by atoms with Crippen LogP contribution in [-0.2, 0) is 16.2 Å². The fourth-order valence-corrected chi connectivity index (χ4v) is 6.11. The van der Waals surface area contributed by atoms with E-state index < -0.39 is 0 Å². The summed E-state index contributed by atoms with van der Waals surface area (Å²) in [5.41, 5.74) is 4.43. The number of aromatic hydroxyl groups is 1. The Kier molecular flexibility index (Phi) is 5.65. The molecule has 3 nitrogen and oxygen atoms in total. The van der Waals surface area contributed by atoms with Crippen LogP contribution in [0.3, 0.4) is 0 Å². The zero-order valence-electron chi connectivity index (χ0n) is 20.2. The van der Waals surface area contributed by atoms with Crippen molar-refractivity contribution < 1.29 is 14.7 Å². The van der Waals surface area contributed by atoms with E-state index in [2.05, 4.69) is 59.6 Å². The number of phenolic OH excluding ortho intramolecular Hbond substituents is 1. The fraction of sp³-hybridized carbons (Fsp3) is 0.429. The molecular formula is C28H30Br2O3. The third-order valence-corrected chi connectivity index (χ3v) is 8.65. The third-order valence-electron chi connectivity index (χ3n) is 7.29. The number of rotatable bonds is 1. The molecule has 2 aromatic carbocycles. The van der Waals surface area contributed by atoms with Crippen LogP contribution in [0.15, 0.2) is 33.2 Å². The summed E-state index contributed by atoms with van der Waals surface area (Å²) in [5, 5.41) is 10.6. The predicted molar refractivity (Wildman–Crippen MR) is 141 cm³/mol. The highest BCUT2D eigenvalue weighted by Crippen LogP contribution is 2.49. The van der Waals surface area contributed by atoms with Crippen LogP contribution in [0.5, 0.6) is 5.75 Å². The van der Waals surface area contributed by atoms with Crippen LogP contribution in [0.4, 0.5) is 0 Å². The van der Waals surface area contributed by atoms with Crippen molar-refractivity contribution in [3.05, 3.63) is 66.6 Å². The molecule has 33 heavy (non-hydrogen) atoms. The first-order valence-corrected chi connectivity index (χ1v) is 12.9. The highest BCUT2D eigenvalue weighted by molar-refractivity contribution is 9.12. The highest BCUT2D eigenvalue weighted by atomic mass is 79.9. The minimum absolute atomic E-state index is 0.0525. The molecule has 0 fully saturated rings. The number of hydrogen-bond acceptors (Lipinski definition) is 3. The second kappa shape index (κ2) is 7.64. The number of Topliss-reactive ketones (excluding diaryl/α,β-unsaturated/α-hetero) is 2. The van der Waals surface area contributed by atoms with E-state index in [9.17, 15) is 14.7 Å². The summed E-state index contributed by atoms with van der Waals surface area (Å²) in [4.78, 5) is 27.4. The first kappa shape index (κ1) is 24.4. The number of hydrogen-bond donors (Lipinski definition) is 1. The van der Waals surface area contributed by atoms with Crippen molar-refractivity contribution >= 4 is 49.0 Å². The van der Waals surface area contributed by atoms with Gasteiger partial charge in [0.1, 0.15) is 5.75 Å². The number of phenols is 1. The third kappa shape index (κ3) is 3.85. The van der Waals surface area contributed by atoms with Gasteiger partial charge in [0.25, 0.3) is 0 Å². The summed E-state index contributed by atoms with van der Waals surface area (Å²) < 4.78 is 0.766. The lowest BCUT2D eigenvalue weighted by atomic mass is 9.62. The van der Waals surface area contributed by atoms with Crippen molar-refractivity contribution in [3.8, 4) is 5.75 Å². The molecular weight excluding hydrogens is 544 g/mol. The number of carbonyl (C=O) groups is 2. The van der Waals surface area contributed by atoms with Gasteiger partial charge in [-0.2, -0.15) is 0 Å². The van der Waals surface area contributed by atoms with Crippen molar-refractivity contribution in [1.82, 2.24) is 0 Å². The molecule has 0 aromatic heterocycles. The normalized spacial score (nSPS) is 19.4. The molecule has 0 amide bonds. The van der Waals surface area contributed by atoms with Crippen LogP contribution in [0.25, 0.3) is 5.57 Å². The van der Waals surface area contributed by atoms with E-state index >= 15 is 0 Å². The second-order valence-electron chi connectivity index (χ2n) is 11.7. The lowest BCUT2D eigenvalue weighted by molar-refractivity contribution is 0.0998. The van der Waals surface area contributed by atoms with Gasteiger partial charge in [-0.05, 0) is 102 Å². The standard InChI is InChI=1S/C28H30Br2O3/c1-26(2,3)19-10-14(11-20(29)25(19)33)21-22(30)24(32)16-13-18-17(12-15(16)23(21)31)27(4,5)8-9-28(18,6)7/h10-13,33H,8-9H2,1-7H3. The van der Waals surface area contributed by atoms with Crippen molar-refractivity contribution in [2.45, 2.75) is 77.6 Å². The van der Waals surface area contributed by atoms with Crippen LogP contribution in [-0.4, -0.2) is 16.7 Å². The van der Waals surface area contributed by atoms with Crippen LogP contribution in [0.1, 0.15) is 104 Å². The van der Waals surface area contributed by atoms with Crippen molar-refractivity contribution in [1.29, 1.82) is 0 Å². The number of fused-ring (bicyclic) bond motifs is 2. The summed E-state index contributed by atoms with van der Waals surface area (Å²) in [5.74, 6) is -0.199. The maximum Gasteiger partial charge on any atom is 0.201 e. The summed E-state index contributed by atoms with van der Waals surface area (Å²) in [6.45, 7) is 14.8. The maximum atomic E-state index is 13.9. The molecule has 0 bridgehead atoms. The Labute approximate surface area is 212 Å². The monoisotopic (exact) mass is 572 g/mol. The molecule has 0 spiro atoms. The lowest BCUT2D eigenvalue weighted by Gasteiger charge is -2.42. The summed E-state index contributed by atoms with van der Waals surface area (Å²) in [6.07, 6.45) is 2.06. The zero-order chi connectivity index (χ0) is 24.7. The molecule has 4 rings (SSSR count). The van der Waals surface area contributed by atoms with Crippen LogP contribution >= 0.6 is 31.9 Å². The van der Waals surface area contributed by atoms with E-state index in [1.807, 2.05) is 39.0 Å². The van der Waals surface area contributed by atoms with Gasteiger partial charge in [0, 0.05) is 22.3 Å². The SMILES string of the molecule is CC(C)(C)c1cc(C2=C(Br)C(=O)c3cc4c(cc3C2=O)C(C)(C)CCC4(C)C)cc(Br)c1O. The number of halogens is 2. The Morgan fingerprint density at radius 1 is 0.818 bits per heavy atom. The molecule has 0 saturated heterocycles. The van der Waals surface area contributed by atoms with E-state index in [1.165, 1.54) is 0 Å². The quantitative estimate of drug-likeness (QED) is 0.376. The number of allylic oxidation sites excluding steroid dienone is 2. The fourth-order valence-electron chi connectivity index (χ4n) is 5.03. The number of benzene rings is 2. The molecule has 0 heterocycles. The molecule has 2 aromatic rings. The summed E-state index contributed by atoms with van der Waals surface area (Å²) in [6, 6.07) is 7.45. The Morgan fingerprint density at radius 3 is 1.79 bits per heavy atom. The Morgan fingerprint density at radius 2 is 1.30 bits per heavy atom. The minimum atomic E-state index is -0.343. The molecule has 2 aliphatic carbocycles. The van der Waals surface area contributed by atoms with Crippen LogP contribution in [0.2, 0.25) is 0 Å². The van der Waals surface area contributed by atoms with Crippen molar-refractivity contribution in [2.24, 2.45) is 0 Å². The first-order chi connectivity index (χ1) is 15.1.